The molecule has 0 aromatic heterocycles. The smallest absolute Gasteiger partial charge is 0.374 e. The van der Waals surface area contributed by atoms with Gasteiger partial charge in [0.25, 0.3) is 0 Å². The standard InChI is InChI=1S/C5H7IN2O2/c1-10-5(9)4-7-2-3-8(4)6/h2-3H2,1H3. The van der Waals surface area contributed by atoms with Crippen LogP contribution in [0.4, 0.5) is 0 Å². The molecule has 0 atom stereocenters. The van der Waals surface area contributed by atoms with E-state index in [4.69, 9.17) is 0 Å². The number of carbonyl (C=O) groups is 1. The Morgan fingerprint density at radius 1 is 1.90 bits per heavy atom. The highest BCUT2D eigenvalue weighted by atomic mass is 127. The van der Waals surface area contributed by atoms with Gasteiger partial charge in [0.1, 0.15) is 0 Å². The molecule has 0 amide bonds. The Morgan fingerprint density at radius 3 is 3.00 bits per heavy atom. The zero-order valence-electron chi connectivity index (χ0n) is 5.50. The maximum absolute atomic E-state index is 10.8. The van der Waals surface area contributed by atoms with E-state index in [2.05, 4.69) is 9.73 Å². The zero-order valence-corrected chi connectivity index (χ0v) is 7.66. The maximum atomic E-state index is 10.8. The van der Waals surface area contributed by atoms with E-state index in [0.29, 0.717) is 12.4 Å². The fourth-order valence-electron chi connectivity index (χ4n) is 0.681. The number of amidine groups is 1. The van der Waals surface area contributed by atoms with Crippen molar-refractivity contribution in [1.82, 2.24) is 3.11 Å². The highest BCUT2D eigenvalue weighted by Gasteiger charge is 2.21. The number of carbonyl (C=O) groups excluding carboxylic acids is 1. The minimum atomic E-state index is -0.355. The van der Waals surface area contributed by atoms with Crippen LogP contribution in [-0.2, 0) is 9.53 Å². The van der Waals surface area contributed by atoms with Gasteiger partial charge >= 0.3 is 5.97 Å². The van der Waals surface area contributed by atoms with Crippen molar-refractivity contribution in [2.45, 2.75) is 0 Å². The van der Waals surface area contributed by atoms with Crippen molar-refractivity contribution in [3.05, 3.63) is 0 Å². The lowest BCUT2D eigenvalue weighted by atomic mass is 10.6. The molecule has 10 heavy (non-hydrogen) atoms. The summed E-state index contributed by atoms with van der Waals surface area (Å²) in [7, 11) is 1.35. The average Bonchev–Trinajstić information content (AvgIpc) is 2.34. The summed E-state index contributed by atoms with van der Waals surface area (Å²) in [6.45, 7) is 1.48. The third-order valence-electron chi connectivity index (χ3n) is 1.16. The van der Waals surface area contributed by atoms with Gasteiger partial charge in [-0.3, -0.25) is 8.11 Å². The minimum absolute atomic E-state index is 0.355. The minimum Gasteiger partial charge on any atom is -0.463 e. The summed E-state index contributed by atoms with van der Waals surface area (Å²) >= 11 is 2.03. The van der Waals surface area contributed by atoms with E-state index < -0.39 is 0 Å². The number of methoxy groups -OCH3 is 1. The number of hydrogen-bond donors (Lipinski definition) is 0. The lowest BCUT2D eigenvalue weighted by Gasteiger charge is -2.07. The van der Waals surface area contributed by atoms with Crippen molar-refractivity contribution in [3.8, 4) is 0 Å². The second-order valence-electron chi connectivity index (χ2n) is 1.78. The van der Waals surface area contributed by atoms with E-state index in [1.165, 1.54) is 7.11 Å². The average molecular weight is 254 g/mol. The van der Waals surface area contributed by atoms with Gasteiger partial charge in [0.15, 0.2) is 0 Å². The largest absolute Gasteiger partial charge is 0.463 e. The zero-order chi connectivity index (χ0) is 7.56. The molecular weight excluding hydrogens is 247 g/mol. The van der Waals surface area contributed by atoms with Crippen LogP contribution >= 0.6 is 22.9 Å². The summed E-state index contributed by atoms with van der Waals surface area (Å²) in [5.41, 5.74) is 0. The topological polar surface area (TPSA) is 41.9 Å². The Hall–Kier alpha value is -0.330. The highest BCUT2D eigenvalue weighted by Crippen LogP contribution is 2.08. The number of aliphatic imine (C=N–C) groups is 1. The van der Waals surface area contributed by atoms with Gasteiger partial charge in [-0.2, -0.15) is 0 Å². The second kappa shape index (κ2) is 3.18. The monoisotopic (exact) mass is 254 g/mol. The summed E-state index contributed by atoms with van der Waals surface area (Å²) in [5.74, 6) is 0.0648. The van der Waals surface area contributed by atoms with E-state index in [9.17, 15) is 4.79 Å². The Labute approximate surface area is 72.7 Å². The Balaban J connectivity index is 2.63. The highest BCUT2D eigenvalue weighted by molar-refractivity contribution is 14.1. The molecule has 0 N–H and O–H groups in total. The van der Waals surface area contributed by atoms with Crippen molar-refractivity contribution >= 4 is 34.7 Å². The fourth-order valence-corrected chi connectivity index (χ4v) is 1.25. The number of nitrogens with zero attached hydrogens (tertiary/aromatic N) is 2. The first-order valence-electron chi connectivity index (χ1n) is 2.82. The molecule has 0 saturated heterocycles. The van der Waals surface area contributed by atoms with Gasteiger partial charge in [-0.05, 0) is 0 Å². The molecular formula is C5H7IN2O2. The van der Waals surface area contributed by atoms with Crippen LogP contribution in [0.25, 0.3) is 0 Å². The molecule has 0 aromatic carbocycles. The number of rotatable bonds is 1. The van der Waals surface area contributed by atoms with E-state index in [1.54, 1.807) is 3.11 Å². The van der Waals surface area contributed by atoms with Gasteiger partial charge in [-0.15, -0.1) is 0 Å². The van der Waals surface area contributed by atoms with Gasteiger partial charge in [0.05, 0.1) is 36.5 Å². The van der Waals surface area contributed by atoms with Crippen molar-refractivity contribution in [2.75, 3.05) is 20.2 Å². The quantitative estimate of drug-likeness (QED) is 0.382. The summed E-state index contributed by atoms with van der Waals surface area (Å²) in [6.07, 6.45) is 0. The molecule has 4 nitrogen and oxygen atoms in total. The van der Waals surface area contributed by atoms with Crippen LogP contribution in [0.2, 0.25) is 0 Å². The molecule has 0 fully saturated rings. The molecule has 56 valence electrons. The van der Waals surface area contributed by atoms with Gasteiger partial charge in [0, 0.05) is 6.54 Å². The van der Waals surface area contributed by atoms with Gasteiger partial charge in [0.2, 0.25) is 5.84 Å². The maximum Gasteiger partial charge on any atom is 0.374 e. The van der Waals surface area contributed by atoms with Crippen LogP contribution in [0.15, 0.2) is 4.99 Å². The summed E-state index contributed by atoms with van der Waals surface area (Å²) in [4.78, 5) is 14.8. The second-order valence-corrected chi connectivity index (χ2v) is 2.95. The molecule has 1 aliphatic rings. The van der Waals surface area contributed by atoms with Gasteiger partial charge < -0.3 is 4.74 Å². The Kier molecular flexibility index (Phi) is 2.47. The van der Waals surface area contributed by atoms with E-state index >= 15 is 0 Å². The van der Waals surface area contributed by atoms with Crippen molar-refractivity contribution in [2.24, 2.45) is 4.99 Å². The number of ether oxygens (including phenoxy) is 1. The van der Waals surface area contributed by atoms with Crippen LogP contribution in [0.1, 0.15) is 0 Å². The van der Waals surface area contributed by atoms with E-state index in [0.717, 1.165) is 6.54 Å². The Morgan fingerprint density at radius 2 is 2.60 bits per heavy atom. The molecule has 0 spiro atoms. The van der Waals surface area contributed by atoms with Gasteiger partial charge in [-0.1, -0.05) is 0 Å². The van der Waals surface area contributed by atoms with Crippen LogP contribution in [-0.4, -0.2) is 35.1 Å². The number of hydrogen-bond acceptors (Lipinski definition) is 4. The molecule has 1 rings (SSSR count). The molecule has 1 aliphatic heterocycles. The molecule has 5 heteroatoms. The van der Waals surface area contributed by atoms with Crippen molar-refractivity contribution < 1.29 is 9.53 Å². The number of esters is 1. The SMILES string of the molecule is COC(=O)C1=NCCN1I. The molecule has 0 aromatic rings. The predicted octanol–water partition coefficient (Wildman–Crippen LogP) is 0.223. The summed E-state index contributed by atoms with van der Waals surface area (Å²) < 4.78 is 6.24. The summed E-state index contributed by atoms with van der Waals surface area (Å²) in [6, 6.07) is 0. The molecule has 1 heterocycles. The first-order valence-corrected chi connectivity index (χ1v) is 3.78. The molecule has 0 saturated carbocycles. The van der Waals surface area contributed by atoms with Crippen LogP contribution in [0, 0.1) is 0 Å². The van der Waals surface area contributed by atoms with Crippen LogP contribution < -0.4 is 0 Å². The normalized spacial score (nSPS) is 17.0. The molecule has 0 bridgehead atoms. The Bertz CT molecular complexity index is 180. The van der Waals surface area contributed by atoms with Crippen LogP contribution in [0.3, 0.4) is 0 Å². The van der Waals surface area contributed by atoms with Crippen LogP contribution in [0.5, 0.6) is 0 Å². The third-order valence-corrected chi connectivity index (χ3v) is 2.10. The van der Waals surface area contributed by atoms with Gasteiger partial charge in [-0.25, -0.2) is 4.79 Å². The number of halogens is 1. The first kappa shape index (κ1) is 7.77. The van der Waals surface area contributed by atoms with E-state index in [1.807, 2.05) is 22.9 Å². The first-order chi connectivity index (χ1) is 4.75. The van der Waals surface area contributed by atoms with E-state index in [-0.39, 0.29) is 5.97 Å². The third kappa shape index (κ3) is 1.39. The molecule has 0 unspecified atom stereocenters. The lowest BCUT2D eigenvalue weighted by molar-refractivity contribution is -0.133. The lowest BCUT2D eigenvalue weighted by Crippen LogP contribution is -2.25. The molecule has 0 aliphatic carbocycles. The summed E-state index contributed by atoms with van der Waals surface area (Å²) in [5, 5.41) is 0. The molecule has 0 radical (unpaired) electrons. The predicted molar refractivity (Wildman–Crippen MR) is 45.0 cm³/mol. The van der Waals surface area contributed by atoms with Crippen molar-refractivity contribution in [1.29, 1.82) is 0 Å². The fraction of sp³-hybridized carbons (Fsp3) is 0.600. The van der Waals surface area contributed by atoms with Crippen molar-refractivity contribution in [3.63, 3.8) is 0 Å².